The molecular formula is C23H20FN7O. The van der Waals surface area contributed by atoms with Gasteiger partial charge in [0.2, 0.25) is 5.95 Å². The molecule has 4 aromatic rings. The Hall–Kier alpha value is -4.27. The first-order valence-corrected chi connectivity index (χ1v) is 10.1. The number of anilines is 3. The zero-order valence-corrected chi connectivity index (χ0v) is 17.3. The van der Waals surface area contributed by atoms with E-state index in [1.54, 1.807) is 29.2 Å². The summed E-state index contributed by atoms with van der Waals surface area (Å²) in [4.78, 5) is 24.3. The summed E-state index contributed by atoms with van der Waals surface area (Å²) in [7, 11) is 0. The summed E-state index contributed by atoms with van der Waals surface area (Å²) in [6.45, 7) is 2.85. The van der Waals surface area contributed by atoms with Crippen LogP contribution in [0.3, 0.4) is 0 Å². The van der Waals surface area contributed by atoms with Crippen molar-refractivity contribution in [3.05, 3.63) is 72.3 Å². The molecule has 2 amide bonds. The van der Waals surface area contributed by atoms with Crippen molar-refractivity contribution >= 4 is 23.4 Å². The van der Waals surface area contributed by atoms with Gasteiger partial charge in [-0.05, 0) is 31.2 Å². The van der Waals surface area contributed by atoms with E-state index < -0.39 is 5.82 Å². The standard InChI is InChI=1S/C23H20FN7O/c1-14-5-7-15(8-6-14)30-11-12-31(23(30)32)19-4-2-3-16(20(19)24)17-13-27-29-21(17)18-9-10-26-22(25)28-18/h2-10,13H,11-12H2,1H3,(H,27,29)(H2,25,26,28). The van der Waals surface area contributed by atoms with Gasteiger partial charge in [0.1, 0.15) is 0 Å². The van der Waals surface area contributed by atoms with E-state index in [0.717, 1.165) is 11.3 Å². The summed E-state index contributed by atoms with van der Waals surface area (Å²) in [5.41, 5.74) is 9.66. The molecule has 0 saturated carbocycles. The number of H-pyrrole nitrogens is 1. The number of benzene rings is 2. The zero-order valence-electron chi connectivity index (χ0n) is 17.3. The predicted molar refractivity (Wildman–Crippen MR) is 121 cm³/mol. The normalized spacial score (nSPS) is 13.8. The number of nitrogen functional groups attached to an aromatic ring is 1. The van der Waals surface area contributed by atoms with Crippen LogP contribution in [-0.2, 0) is 0 Å². The Morgan fingerprint density at radius 2 is 1.81 bits per heavy atom. The summed E-state index contributed by atoms with van der Waals surface area (Å²) in [5.74, 6) is -0.396. The minimum atomic E-state index is -0.503. The summed E-state index contributed by atoms with van der Waals surface area (Å²) in [5, 5.41) is 6.92. The molecule has 8 nitrogen and oxygen atoms in total. The van der Waals surface area contributed by atoms with Gasteiger partial charge in [-0.15, -0.1) is 0 Å². The van der Waals surface area contributed by atoms with Gasteiger partial charge in [-0.3, -0.25) is 14.9 Å². The molecule has 5 rings (SSSR count). The number of nitrogens with two attached hydrogens (primary N) is 1. The number of hydrogen-bond donors (Lipinski definition) is 2. The third-order valence-corrected chi connectivity index (χ3v) is 5.48. The molecule has 160 valence electrons. The van der Waals surface area contributed by atoms with Crippen molar-refractivity contribution in [2.45, 2.75) is 6.92 Å². The number of carbonyl (C=O) groups is 1. The smallest absolute Gasteiger partial charge is 0.329 e. The van der Waals surface area contributed by atoms with E-state index in [2.05, 4.69) is 20.2 Å². The van der Waals surface area contributed by atoms with E-state index in [4.69, 9.17) is 5.73 Å². The van der Waals surface area contributed by atoms with Gasteiger partial charge >= 0.3 is 6.03 Å². The highest BCUT2D eigenvalue weighted by atomic mass is 19.1. The molecule has 3 N–H and O–H groups in total. The van der Waals surface area contributed by atoms with Crippen molar-refractivity contribution in [2.75, 3.05) is 28.6 Å². The third-order valence-electron chi connectivity index (χ3n) is 5.48. The van der Waals surface area contributed by atoms with Crippen LogP contribution in [0.2, 0.25) is 0 Å². The molecule has 0 atom stereocenters. The Kier molecular flexibility index (Phi) is 4.78. The van der Waals surface area contributed by atoms with Gasteiger partial charge in [0.25, 0.3) is 0 Å². The fraction of sp³-hybridized carbons (Fsp3) is 0.130. The van der Waals surface area contributed by atoms with E-state index in [1.807, 2.05) is 31.2 Å². The number of halogens is 1. The van der Waals surface area contributed by atoms with Crippen molar-refractivity contribution in [3.8, 4) is 22.5 Å². The number of aromatic nitrogens is 4. The molecule has 1 aliphatic heterocycles. The van der Waals surface area contributed by atoms with Crippen molar-refractivity contribution in [2.24, 2.45) is 0 Å². The second-order valence-electron chi connectivity index (χ2n) is 7.52. The van der Waals surface area contributed by atoms with Crippen molar-refractivity contribution in [3.63, 3.8) is 0 Å². The summed E-state index contributed by atoms with van der Waals surface area (Å²) < 4.78 is 15.7. The van der Waals surface area contributed by atoms with Crippen LogP contribution in [0.4, 0.5) is 26.5 Å². The average Bonchev–Trinajstić information content (AvgIpc) is 3.42. The molecular weight excluding hydrogens is 409 g/mol. The first kappa shape index (κ1) is 19.7. The van der Waals surface area contributed by atoms with Crippen LogP contribution in [0, 0.1) is 12.7 Å². The number of nitrogens with zero attached hydrogens (tertiary/aromatic N) is 5. The highest BCUT2D eigenvalue weighted by Gasteiger charge is 2.33. The second-order valence-corrected chi connectivity index (χ2v) is 7.52. The van der Waals surface area contributed by atoms with E-state index in [0.29, 0.717) is 35.6 Å². The van der Waals surface area contributed by atoms with Gasteiger partial charge in [-0.1, -0.05) is 29.8 Å². The van der Waals surface area contributed by atoms with Gasteiger partial charge in [0.05, 0.1) is 23.3 Å². The molecule has 0 spiro atoms. The first-order chi connectivity index (χ1) is 15.5. The Morgan fingerprint density at radius 1 is 1.03 bits per heavy atom. The highest BCUT2D eigenvalue weighted by molar-refractivity contribution is 6.06. The van der Waals surface area contributed by atoms with Crippen molar-refractivity contribution in [1.29, 1.82) is 0 Å². The number of hydrogen-bond acceptors (Lipinski definition) is 5. The van der Waals surface area contributed by atoms with Crippen LogP contribution in [0.25, 0.3) is 22.5 Å². The van der Waals surface area contributed by atoms with Gasteiger partial charge in [-0.25, -0.2) is 19.2 Å². The lowest BCUT2D eigenvalue weighted by atomic mass is 10.0. The topological polar surface area (TPSA) is 104 Å². The molecule has 3 heterocycles. The molecule has 32 heavy (non-hydrogen) atoms. The minimum Gasteiger partial charge on any atom is -0.368 e. The van der Waals surface area contributed by atoms with E-state index in [1.165, 1.54) is 17.3 Å². The largest absolute Gasteiger partial charge is 0.368 e. The van der Waals surface area contributed by atoms with Crippen LogP contribution in [0.5, 0.6) is 0 Å². The van der Waals surface area contributed by atoms with E-state index in [9.17, 15) is 4.79 Å². The molecule has 1 fully saturated rings. The molecule has 0 unspecified atom stereocenters. The number of aryl methyl sites for hydroxylation is 1. The molecule has 9 heteroatoms. The minimum absolute atomic E-state index is 0.108. The fourth-order valence-electron chi connectivity index (χ4n) is 3.86. The van der Waals surface area contributed by atoms with Gasteiger partial charge in [-0.2, -0.15) is 5.10 Å². The number of amides is 2. The Bertz CT molecular complexity index is 1300. The molecule has 1 saturated heterocycles. The van der Waals surface area contributed by atoms with E-state index >= 15 is 4.39 Å². The highest BCUT2D eigenvalue weighted by Crippen LogP contribution is 2.36. The summed E-state index contributed by atoms with van der Waals surface area (Å²) >= 11 is 0. The molecule has 1 aliphatic rings. The Labute approximate surface area is 183 Å². The maximum atomic E-state index is 15.7. The second kappa shape index (κ2) is 7.77. The third kappa shape index (κ3) is 3.33. The molecule has 0 bridgehead atoms. The van der Waals surface area contributed by atoms with Gasteiger partial charge < -0.3 is 5.73 Å². The number of nitrogens with one attached hydrogen (secondary N) is 1. The predicted octanol–water partition coefficient (Wildman–Crippen LogP) is 4.01. The molecule has 2 aromatic carbocycles. The number of rotatable bonds is 4. The summed E-state index contributed by atoms with van der Waals surface area (Å²) in [6.07, 6.45) is 3.05. The van der Waals surface area contributed by atoms with Crippen molar-refractivity contribution < 1.29 is 9.18 Å². The van der Waals surface area contributed by atoms with Crippen LogP contribution in [-0.4, -0.2) is 39.3 Å². The maximum Gasteiger partial charge on any atom is 0.329 e. The maximum absolute atomic E-state index is 15.7. The van der Waals surface area contributed by atoms with Crippen LogP contribution in [0.15, 0.2) is 60.9 Å². The SMILES string of the molecule is Cc1ccc(N2CCN(c3cccc(-c4cn[nH]c4-c4ccnc(N)n4)c3F)C2=O)cc1. The Morgan fingerprint density at radius 3 is 2.59 bits per heavy atom. The van der Waals surface area contributed by atoms with Crippen LogP contribution >= 0.6 is 0 Å². The van der Waals surface area contributed by atoms with Crippen LogP contribution < -0.4 is 15.5 Å². The Balaban J connectivity index is 1.50. The van der Waals surface area contributed by atoms with Crippen molar-refractivity contribution in [1.82, 2.24) is 20.2 Å². The zero-order chi connectivity index (χ0) is 22.2. The molecule has 0 aliphatic carbocycles. The number of aromatic amines is 1. The fourth-order valence-corrected chi connectivity index (χ4v) is 3.86. The monoisotopic (exact) mass is 429 g/mol. The summed E-state index contributed by atoms with van der Waals surface area (Å²) in [6, 6.07) is 14.1. The van der Waals surface area contributed by atoms with Gasteiger partial charge in [0, 0.05) is 36.1 Å². The molecule has 0 radical (unpaired) electrons. The molecule has 2 aromatic heterocycles. The first-order valence-electron chi connectivity index (χ1n) is 10.1. The lowest BCUT2D eigenvalue weighted by Crippen LogP contribution is -2.32. The lowest BCUT2D eigenvalue weighted by Gasteiger charge is -2.20. The number of urea groups is 1. The van der Waals surface area contributed by atoms with E-state index in [-0.39, 0.29) is 17.7 Å². The number of carbonyl (C=O) groups excluding carboxylic acids is 1. The lowest BCUT2D eigenvalue weighted by molar-refractivity contribution is 0.255. The van der Waals surface area contributed by atoms with Crippen LogP contribution in [0.1, 0.15) is 5.56 Å². The average molecular weight is 429 g/mol. The van der Waals surface area contributed by atoms with Gasteiger partial charge in [0.15, 0.2) is 5.82 Å². The quantitative estimate of drug-likeness (QED) is 0.510.